The highest BCUT2D eigenvalue weighted by atomic mass is 16.5. The molecule has 0 aromatic carbocycles. The number of rotatable bonds is 32. The van der Waals surface area contributed by atoms with E-state index in [1.807, 2.05) is 0 Å². The normalized spacial score (nSPS) is 12.6. The maximum absolute atomic E-state index is 12.6. The van der Waals surface area contributed by atoms with E-state index >= 15 is 0 Å². The average molecular weight is 589 g/mol. The maximum Gasteiger partial charge on any atom is 0.306 e. The molecule has 0 saturated heterocycles. The van der Waals surface area contributed by atoms with Crippen molar-refractivity contribution in [2.24, 2.45) is 0 Å². The Morgan fingerprint density at radius 2 is 1.00 bits per heavy atom. The zero-order chi connectivity index (χ0) is 30.8. The van der Waals surface area contributed by atoms with Gasteiger partial charge in [-0.15, -0.1) is 0 Å². The molecule has 244 valence electrons. The van der Waals surface area contributed by atoms with E-state index < -0.39 is 5.97 Å². The van der Waals surface area contributed by atoms with Crippen LogP contribution >= 0.6 is 0 Å². The lowest BCUT2D eigenvalue weighted by Gasteiger charge is -2.14. The van der Waals surface area contributed by atoms with Crippen LogP contribution in [0, 0.1) is 0 Å². The number of carbonyl (C=O) groups excluding carboxylic acids is 1. The van der Waals surface area contributed by atoms with Crippen LogP contribution in [0.4, 0.5) is 0 Å². The molecular weight excluding hydrogens is 520 g/mol. The third kappa shape index (κ3) is 32.7. The number of esters is 1. The topological polar surface area (TPSA) is 63.6 Å². The summed E-state index contributed by atoms with van der Waals surface area (Å²) in [5.74, 6) is -0.768. The number of hydrogen-bond donors (Lipinski definition) is 1. The Kier molecular flexibility index (Phi) is 32.2. The van der Waals surface area contributed by atoms with Gasteiger partial charge in [0, 0.05) is 12.8 Å². The Morgan fingerprint density at radius 3 is 1.60 bits per heavy atom. The van der Waals surface area contributed by atoms with Gasteiger partial charge in [-0.05, 0) is 76.7 Å². The van der Waals surface area contributed by atoms with E-state index in [2.05, 4.69) is 50.3 Å². The Hall–Kier alpha value is -1.84. The van der Waals surface area contributed by atoms with E-state index in [4.69, 9.17) is 9.84 Å². The lowest BCUT2D eigenvalue weighted by atomic mass is 10.1. The molecular formula is C38H68O4. The predicted molar refractivity (Wildman–Crippen MR) is 181 cm³/mol. The zero-order valence-electron chi connectivity index (χ0n) is 27.8. The van der Waals surface area contributed by atoms with Gasteiger partial charge in [0.05, 0.1) is 0 Å². The van der Waals surface area contributed by atoms with Crippen molar-refractivity contribution in [1.29, 1.82) is 0 Å². The van der Waals surface area contributed by atoms with Gasteiger partial charge < -0.3 is 9.84 Å². The van der Waals surface area contributed by atoms with Gasteiger partial charge in [-0.2, -0.15) is 0 Å². The Balaban J connectivity index is 4.10. The maximum atomic E-state index is 12.6. The molecule has 0 aliphatic heterocycles. The lowest BCUT2D eigenvalue weighted by molar-refractivity contribution is -0.147. The van der Waals surface area contributed by atoms with E-state index in [1.54, 1.807) is 0 Å². The monoisotopic (exact) mass is 589 g/mol. The summed E-state index contributed by atoms with van der Waals surface area (Å²) < 4.78 is 5.88. The Bertz CT molecular complexity index is 679. The van der Waals surface area contributed by atoms with Gasteiger partial charge in [0.15, 0.2) is 0 Å². The van der Waals surface area contributed by atoms with Crippen molar-refractivity contribution in [2.75, 3.05) is 0 Å². The molecule has 0 aliphatic carbocycles. The quantitative estimate of drug-likeness (QED) is 0.0482. The highest BCUT2D eigenvalue weighted by Gasteiger charge is 2.11. The third-order valence-electron chi connectivity index (χ3n) is 7.82. The van der Waals surface area contributed by atoms with Gasteiger partial charge >= 0.3 is 11.9 Å². The van der Waals surface area contributed by atoms with Crippen molar-refractivity contribution in [1.82, 2.24) is 0 Å². The van der Waals surface area contributed by atoms with Crippen LogP contribution in [0.15, 0.2) is 36.5 Å². The van der Waals surface area contributed by atoms with Crippen LogP contribution in [0.25, 0.3) is 0 Å². The minimum absolute atomic E-state index is 0.0638. The van der Waals surface area contributed by atoms with E-state index in [9.17, 15) is 9.59 Å². The first-order chi connectivity index (χ1) is 20.6. The first-order valence-electron chi connectivity index (χ1n) is 18.0. The summed E-state index contributed by atoms with van der Waals surface area (Å²) in [6.07, 6.45) is 43.1. The van der Waals surface area contributed by atoms with Crippen LogP contribution in [-0.4, -0.2) is 23.1 Å². The molecule has 0 aromatic heterocycles. The van der Waals surface area contributed by atoms with Crippen molar-refractivity contribution in [3.05, 3.63) is 36.5 Å². The summed E-state index contributed by atoms with van der Waals surface area (Å²) in [7, 11) is 0. The molecule has 0 heterocycles. The number of hydrogen-bond acceptors (Lipinski definition) is 3. The van der Waals surface area contributed by atoms with Crippen molar-refractivity contribution >= 4 is 11.9 Å². The molecule has 0 radical (unpaired) electrons. The number of carboxylic acid groups (broad SMARTS) is 1. The van der Waals surface area contributed by atoms with Crippen molar-refractivity contribution in [3.8, 4) is 0 Å². The summed E-state index contributed by atoms with van der Waals surface area (Å²) >= 11 is 0. The first-order valence-corrected chi connectivity index (χ1v) is 18.0. The number of carboxylic acids is 1. The largest absolute Gasteiger partial charge is 0.481 e. The van der Waals surface area contributed by atoms with Crippen LogP contribution < -0.4 is 0 Å². The molecule has 1 atom stereocenters. The number of aliphatic carboxylic acids is 1. The molecule has 42 heavy (non-hydrogen) atoms. The van der Waals surface area contributed by atoms with Gasteiger partial charge in [0.1, 0.15) is 6.10 Å². The SMILES string of the molecule is CCCCC/C=C\C/C=C\C(CCCCCCCCC(=O)O)OC(=O)CCCCCCC/C=C\CCCCCCCC. The van der Waals surface area contributed by atoms with E-state index in [0.29, 0.717) is 6.42 Å². The second kappa shape index (κ2) is 33.7. The highest BCUT2D eigenvalue weighted by molar-refractivity contribution is 5.69. The number of allylic oxidation sites excluding steroid dienone is 5. The molecule has 1 unspecified atom stereocenters. The Morgan fingerprint density at radius 1 is 0.548 bits per heavy atom. The molecule has 4 heteroatoms. The summed E-state index contributed by atoms with van der Waals surface area (Å²) in [6.45, 7) is 4.50. The van der Waals surface area contributed by atoms with Gasteiger partial charge in [0.2, 0.25) is 0 Å². The van der Waals surface area contributed by atoms with Gasteiger partial charge in [-0.25, -0.2) is 0 Å². The van der Waals surface area contributed by atoms with Crippen LogP contribution in [0.1, 0.15) is 187 Å². The van der Waals surface area contributed by atoms with Gasteiger partial charge in [-0.1, -0.05) is 134 Å². The molecule has 0 rings (SSSR count). The molecule has 0 spiro atoms. The Labute approximate surface area is 260 Å². The summed E-state index contributed by atoms with van der Waals surface area (Å²) in [4.78, 5) is 23.2. The summed E-state index contributed by atoms with van der Waals surface area (Å²) in [6, 6.07) is 0. The summed E-state index contributed by atoms with van der Waals surface area (Å²) in [5, 5.41) is 8.75. The molecule has 0 amide bonds. The number of carbonyl (C=O) groups is 2. The van der Waals surface area contributed by atoms with E-state index in [1.165, 1.54) is 89.9 Å². The van der Waals surface area contributed by atoms with E-state index in [0.717, 1.165) is 70.6 Å². The number of unbranched alkanes of at least 4 members (excludes halogenated alkanes) is 19. The van der Waals surface area contributed by atoms with Crippen molar-refractivity contribution in [3.63, 3.8) is 0 Å². The minimum atomic E-state index is -0.705. The highest BCUT2D eigenvalue weighted by Crippen LogP contribution is 2.15. The smallest absolute Gasteiger partial charge is 0.306 e. The molecule has 0 aliphatic rings. The standard InChI is InChI=1S/C38H68O4/c1-3-5-7-9-11-13-14-15-16-17-18-19-21-27-31-35-38(41)42-36(32-28-24-20-12-10-8-6-4-2)33-29-25-22-23-26-30-34-37(39)40/h12,15-16,20,28,32,36H,3-11,13-14,17-19,21-27,29-31,33-35H2,1-2H3,(H,39,40)/b16-15-,20-12-,32-28-. The molecule has 1 N–H and O–H groups in total. The third-order valence-corrected chi connectivity index (χ3v) is 7.82. The fourth-order valence-corrected chi connectivity index (χ4v) is 5.13. The second-order valence-electron chi connectivity index (χ2n) is 12.0. The second-order valence-corrected chi connectivity index (χ2v) is 12.0. The van der Waals surface area contributed by atoms with Gasteiger partial charge in [0.25, 0.3) is 0 Å². The molecule has 0 fully saturated rings. The lowest BCUT2D eigenvalue weighted by Crippen LogP contribution is -2.16. The molecule has 0 bridgehead atoms. The zero-order valence-corrected chi connectivity index (χ0v) is 27.8. The van der Waals surface area contributed by atoms with Crippen LogP contribution in [-0.2, 0) is 14.3 Å². The van der Waals surface area contributed by atoms with Crippen LogP contribution in [0.5, 0.6) is 0 Å². The van der Waals surface area contributed by atoms with Crippen LogP contribution in [0.3, 0.4) is 0 Å². The van der Waals surface area contributed by atoms with Crippen molar-refractivity contribution in [2.45, 2.75) is 193 Å². The molecule has 0 aromatic rings. The van der Waals surface area contributed by atoms with Gasteiger partial charge in [-0.3, -0.25) is 9.59 Å². The van der Waals surface area contributed by atoms with E-state index in [-0.39, 0.29) is 18.5 Å². The first kappa shape index (κ1) is 40.2. The number of ether oxygens (including phenoxy) is 1. The minimum Gasteiger partial charge on any atom is -0.481 e. The fourth-order valence-electron chi connectivity index (χ4n) is 5.13. The molecule has 4 nitrogen and oxygen atoms in total. The van der Waals surface area contributed by atoms with Crippen LogP contribution in [0.2, 0.25) is 0 Å². The molecule has 0 saturated carbocycles. The summed E-state index contributed by atoms with van der Waals surface area (Å²) in [5.41, 5.74) is 0. The van der Waals surface area contributed by atoms with Crippen molar-refractivity contribution < 1.29 is 19.4 Å². The predicted octanol–water partition coefficient (Wildman–Crippen LogP) is 12.2. The fraction of sp³-hybridized carbons (Fsp3) is 0.789. The average Bonchev–Trinajstić information content (AvgIpc) is 2.97.